The SMILES string of the molecule is CC(NCC(=O)Nc1ccc(F)c(F)c1F)c1ccccc1. The summed E-state index contributed by atoms with van der Waals surface area (Å²) in [6, 6.07) is 11.1. The van der Waals surface area contributed by atoms with E-state index in [1.165, 1.54) is 0 Å². The largest absolute Gasteiger partial charge is 0.322 e. The minimum Gasteiger partial charge on any atom is -0.322 e. The minimum atomic E-state index is -1.61. The van der Waals surface area contributed by atoms with Crippen LogP contribution in [-0.4, -0.2) is 12.5 Å². The van der Waals surface area contributed by atoms with Crippen LogP contribution in [0, 0.1) is 17.5 Å². The van der Waals surface area contributed by atoms with Crippen molar-refractivity contribution in [3.63, 3.8) is 0 Å². The molecule has 0 bridgehead atoms. The van der Waals surface area contributed by atoms with E-state index in [0.29, 0.717) is 0 Å². The second-order valence-electron chi connectivity index (χ2n) is 4.78. The second kappa shape index (κ2) is 7.09. The summed E-state index contributed by atoms with van der Waals surface area (Å²) in [6.07, 6.45) is 0. The van der Waals surface area contributed by atoms with E-state index in [1.54, 1.807) is 0 Å². The molecular weight excluding hydrogens is 293 g/mol. The number of hydrogen-bond donors (Lipinski definition) is 2. The molecule has 0 spiro atoms. The van der Waals surface area contributed by atoms with E-state index in [9.17, 15) is 18.0 Å². The van der Waals surface area contributed by atoms with Crippen LogP contribution in [0.3, 0.4) is 0 Å². The number of nitrogens with one attached hydrogen (secondary N) is 2. The van der Waals surface area contributed by atoms with E-state index in [0.717, 1.165) is 17.7 Å². The molecule has 0 aliphatic rings. The smallest absolute Gasteiger partial charge is 0.238 e. The zero-order valence-corrected chi connectivity index (χ0v) is 11.9. The molecule has 0 aliphatic carbocycles. The van der Waals surface area contributed by atoms with Gasteiger partial charge in [-0.15, -0.1) is 0 Å². The van der Waals surface area contributed by atoms with Gasteiger partial charge in [-0.2, -0.15) is 0 Å². The molecule has 0 fully saturated rings. The predicted molar refractivity (Wildman–Crippen MR) is 77.8 cm³/mol. The molecule has 0 aromatic heterocycles. The van der Waals surface area contributed by atoms with Gasteiger partial charge in [0.15, 0.2) is 17.5 Å². The lowest BCUT2D eigenvalue weighted by atomic mass is 10.1. The molecule has 116 valence electrons. The Kier molecular flexibility index (Phi) is 5.16. The first-order valence-electron chi connectivity index (χ1n) is 6.70. The molecule has 22 heavy (non-hydrogen) atoms. The summed E-state index contributed by atoms with van der Waals surface area (Å²) < 4.78 is 39.3. The maximum atomic E-state index is 13.4. The van der Waals surface area contributed by atoms with Crippen molar-refractivity contribution in [3.8, 4) is 0 Å². The summed E-state index contributed by atoms with van der Waals surface area (Å²) in [7, 11) is 0. The maximum absolute atomic E-state index is 13.4. The van der Waals surface area contributed by atoms with Gasteiger partial charge in [-0.25, -0.2) is 13.2 Å². The van der Waals surface area contributed by atoms with E-state index < -0.39 is 29.0 Å². The third-order valence-electron chi connectivity index (χ3n) is 3.18. The molecule has 1 atom stereocenters. The zero-order chi connectivity index (χ0) is 16.1. The second-order valence-corrected chi connectivity index (χ2v) is 4.78. The van der Waals surface area contributed by atoms with Gasteiger partial charge in [-0.05, 0) is 24.6 Å². The van der Waals surface area contributed by atoms with Gasteiger partial charge in [0, 0.05) is 6.04 Å². The summed E-state index contributed by atoms with van der Waals surface area (Å²) in [5, 5.41) is 5.16. The minimum absolute atomic E-state index is 0.0817. The van der Waals surface area contributed by atoms with Crippen molar-refractivity contribution in [3.05, 3.63) is 65.5 Å². The molecule has 0 aliphatic heterocycles. The average molecular weight is 308 g/mol. The Hall–Kier alpha value is -2.34. The van der Waals surface area contributed by atoms with Crippen molar-refractivity contribution >= 4 is 11.6 Å². The summed E-state index contributed by atoms with van der Waals surface area (Å²) >= 11 is 0. The van der Waals surface area contributed by atoms with Crippen LogP contribution in [0.2, 0.25) is 0 Å². The molecule has 2 aromatic rings. The standard InChI is InChI=1S/C16H15F3N2O/c1-10(11-5-3-2-4-6-11)20-9-14(22)21-13-8-7-12(17)15(18)16(13)19/h2-8,10,20H,9H2,1H3,(H,21,22). The Morgan fingerprint density at radius 1 is 1.05 bits per heavy atom. The van der Waals surface area contributed by atoms with Crippen molar-refractivity contribution < 1.29 is 18.0 Å². The summed E-state index contributed by atoms with van der Waals surface area (Å²) in [4.78, 5) is 11.7. The molecule has 1 unspecified atom stereocenters. The number of hydrogen-bond acceptors (Lipinski definition) is 2. The van der Waals surface area contributed by atoms with Crippen LogP contribution in [0.1, 0.15) is 18.5 Å². The molecular formula is C16H15F3N2O. The number of benzene rings is 2. The van der Waals surface area contributed by atoms with Crippen LogP contribution in [0.25, 0.3) is 0 Å². The van der Waals surface area contributed by atoms with Gasteiger partial charge >= 0.3 is 0 Å². The molecule has 0 radical (unpaired) electrons. The quantitative estimate of drug-likeness (QED) is 0.831. The van der Waals surface area contributed by atoms with Gasteiger partial charge in [0.2, 0.25) is 5.91 Å². The lowest BCUT2D eigenvalue weighted by Gasteiger charge is -2.14. The summed E-state index contributed by atoms with van der Waals surface area (Å²) in [6.45, 7) is 1.79. The van der Waals surface area contributed by atoms with Crippen molar-refractivity contribution in [2.75, 3.05) is 11.9 Å². The number of amides is 1. The lowest BCUT2D eigenvalue weighted by Crippen LogP contribution is -2.30. The molecule has 0 saturated carbocycles. The van der Waals surface area contributed by atoms with Gasteiger partial charge in [0.1, 0.15) is 0 Å². The Morgan fingerprint density at radius 2 is 1.73 bits per heavy atom. The van der Waals surface area contributed by atoms with E-state index in [4.69, 9.17) is 0 Å². The van der Waals surface area contributed by atoms with Crippen LogP contribution in [0.5, 0.6) is 0 Å². The van der Waals surface area contributed by atoms with Crippen LogP contribution in [-0.2, 0) is 4.79 Å². The topological polar surface area (TPSA) is 41.1 Å². The predicted octanol–water partition coefficient (Wildman–Crippen LogP) is 3.39. The monoisotopic (exact) mass is 308 g/mol. The van der Waals surface area contributed by atoms with Gasteiger partial charge in [0.05, 0.1) is 12.2 Å². The van der Waals surface area contributed by atoms with Gasteiger partial charge in [-0.3, -0.25) is 4.79 Å². The fraction of sp³-hybridized carbons (Fsp3) is 0.188. The highest BCUT2D eigenvalue weighted by atomic mass is 19.2. The van der Waals surface area contributed by atoms with Gasteiger partial charge < -0.3 is 10.6 Å². The van der Waals surface area contributed by atoms with Gasteiger partial charge in [-0.1, -0.05) is 30.3 Å². The molecule has 2 rings (SSSR count). The highest BCUT2D eigenvalue weighted by Gasteiger charge is 2.15. The number of rotatable bonds is 5. The van der Waals surface area contributed by atoms with E-state index in [2.05, 4.69) is 10.6 Å². The van der Waals surface area contributed by atoms with Crippen LogP contribution < -0.4 is 10.6 Å². The Labute approximate surface area is 126 Å². The van der Waals surface area contributed by atoms with Gasteiger partial charge in [0.25, 0.3) is 0 Å². The molecule has 2 N–H and O–H groups in total. The number of halogens is 3. The van der Waals surface area contributed by atoms with Crippen LogP contribution in [0.4, 0.5) is 18.9 Å². The lowest BCUT2D eigenvalue weighted by molar-refractivity contribution is -0.115. The van der Waals surface area contributed by atoms with E-state index in [1.807, 2.05) is 37.3 Å². The first-order valence-corrected chi connectivity index (χ1v) is 6.70. The Bertz CT molecular complexity index is 662. The molecule has 2 aromatic carbocycles. The Morgan fingerprint density at radius 3 is 2.41 bits per heavy atom. The highest BCUT2D eigenvalue weighted by molar-refractivity contribution is 5.92. The van der Waals surface area contributed by atoms with E-state index >= 15 is 0 Å². The van der Waals surface area contributed by atoms with E-state index in [-0.39, 0.29) is 12.6 Å². The molecule has 3 nitrogen and oxygen atoms in total. The Balaban J connectivity index is 1.92. The number of carbonyl (C=O) groups excluding carboxylic acids is 1. The summed E-state index contributed by atoms with van der Waals surface area (Å²) in [5.41, 5.74) is 0.604. The summed E-state index contributed by atoms with van der Waals surface area (Å²) in [5.74, 6) is -4.87. The molecule has 0 saturated heterocycles. The molecule has 0 heterocycles. The van der Waals surface area contributed by atoms with Crippen molar-refractivity contribution in [1.82, 2.24) is 5.32 Å². The van der Waals surface area contributed by atoms with Crippen molar-refractivity contribution in [2.45, 2.75) is 13.0 Å². The molecule has 1 amide bonds. The average Bonchev–Trinajstić information content (AvgIpc) is 2.54. The van der Waals surface area contributed by atoms with Crippen LogP contribution >= 0.6 is 0 Å². The third kappa shape index (κ3) is 3.85. The molecule has 6 heteroatoms. The first-order chi connectivity index (χ1) is 10.5. The normalized spacial score (nSPS) is 12.0. The number of anilines is 1. The van der Waals surface area contributed by atoms with Crippen molar-refractivity contribution in [1.29, 1.82) is 0 Å². The highest BCUT2D eigenvalue weighted by Crippen LogP contribution is 2.19. The maximum Gasteiger partial charge on any atom is 0.238 e. The fourth-order valence-corrected chi connectivity index (χ4v) is 1.92. The fourth-order valence-electron chi connectivity index (χ4n) is 1.92. The van der Waals surface area contributed by atoms with Crippen LogP contribution in [0.15, 0.2) is 42.5 Å². The third-order valence-corrected chi connectivity index (χ3v) is 3.18. The van der Waals surface area contributed by atoms with Crippen molar-refractivity contribution in [2.24, 2.45) is 0 Å². The zero-order valence-electron chi connectivity index (χ0n) is 11.9. The number of carbonyl (C=O) groups is 1. The first kappa shape index (κ1) is 16.0.